The number of carbonyl (C=O) groups excluding carboxylic acids is 2. The fourth-order valence-corrected chi connectivity index (χ4v) is 2.44. The van der Waals surface area contributed by atoms with Crippen molar-refractivity contribution in [3.63, 3.8) is 0 Å². The van der Waals surface area contributed by atoms with Crippen LogP contribution in [0.2, 0.25) is 0 Å². The zero-order chi connectivity index (χ0) is 16.4. The van der Waals surface area contributed by atoms with E-state index >= 15 is 0 Å². The third-order valence-electron chi connectivity index (χ3n) is 3.51. The van der Waals surface area contributed by atoms with Crippen LogP contribution in [0.3, 0.4) is 0 Å². The first-order valence-corrected chi connectivity index (χ1v) is 7.47. The van der Waals surface area contributed by atoms with Gasteiger partial charge in [-0.2, -0.15) is 0 Å². The maximum atomic E-state index is 12.1. The van der Waals surface area contributed by atoms with Crippen LogP contribution in [0.15, 0.2) is 34.4 Å². The molecule has 7 nitrogen and oxygen atoms in total. The topological polar surface area (TPSA) is 95.7 Å². The molecule has 2 heterocycles. The molecule has 0 fully saturated rings. The number of amides is 2. The van der Waals surface area contributed by atoms with E-state index in [-0.39, 0.29) is 18.8 Å². The first kappa shape index (κ1) is 15.2. The van der Waals surface area contributed by atoms with Crippen molar-refractivity contribution in [2.45, 2.75) is 19.8 Å². The van der Waals surface area contributed by atoms with E-state index in [1.807, 2.05) is 0 Å². The molecule has 0 saturated heterocycles. The number of imide groups is 1. The maximum Gasteiger partial charge on any atom is 0.277 e. The molecule has 2 aromatic rings. The lowest BCUT2D eigenvalue weighted by atomic mass is 10.2. The molecule has 0 unspecified atom stereocenters. The van der Waals surface area contributed by atoms with E-state index < -0.39 is 11.8 Å². The lowest BCUT2D eigenvalue weighted by Crippen LogP contribution is -2.34. The number of aliphatic hydroxyl groups excluding tert-OH is 1. The summed E-state index contributed by atoms with van der Waals surface area (Å²) in [5.41, 5.74) is 2.21. The fraction of sp³-hybridized carbons (Fsp3) is 0.312. The Hall–Kier alpha value is -2.67. The summed E-state index contributed by atoms with van der Waals surface area (Å²) in [6.45, 7) is 1.78. The number of aliphatic hydroxyl groups is 1. The van der Waals surface area contributed by atoms with Crippen LogP contribution in [0.25, 0.3) is 11.1 Å². The Kier molecular flexibility index (Phi) is 4.12. The first-order chi connectivity index (χ1) is 11.1. The Bertz CT molecular complexity index is 794. The van der Waals surface area contributed by atoms with E-state index in [0.717, 1.165) is 17.7 Å². The van der Waals surface area contributed by atoms with E-state index in [2.05, 4.69) is 17.2 Å². The zero-order valence-corrected chi connectivity index (χ0v) is 12.7. The molecule has 1 aliphatic rings. The lowest BCUT2D eigenvalue weighted by molar-refractivity contribution is -0.137. The van der Waals surface area contributed by atoms with Gasteiger partial charge in [-0.3, -0.25) is 14.5 Å². The molecule has 0 saturated carbocycles. The predicted molar refractivity (Wildman–Crippen MR) is 83.5 cm³/mol. The number of hydrogen-bond acceptors (Lipinski definition) is 6. The molecule has 0 aliphatic carbocycles. The number of oxazole rings is 1. The quantitative estimate of drug-likeness (QED) is 0.783. The molecule has 0 bridgehead atoms. The standard InChI is InChI=1S/C16H17N3O4/c1-2-3-14-18-11-8-10(4-5-13(11)23-14)17-12-9-15(21)19(6-7-20)16(12)22/h4-5,8-9,17,20H,2-3,6-7H2,1H3. The number of carbonyl (C=O) groups is 2. The van der Waals surface area contributed by atoms with Gasteiger partial charge in [0.1, 0.15) is 11.2 Å². The number of benzene rings is 1. The minimum Gasteiger partial charge on any atom is -0.441 e. The molecular weight excluding hydrogens is 298 g/mol. The highest BCUT2D eigenvalue weighted by atomic mass is 16.3. The van der Waals surface area contributed by atoms with Gasteiger partial charge in [0.2, 0.25) is 0 Å². The number of aromatic nitrogens is 1. The summed E-state index contributed by atoms with van der Waals surface area (Å²) in [6.07, 6.45) is 2.95. The van der Waals surface area contributed by atoms with Crippen LogP contribution in [0.1, 0.15) is 19.2 Å². The fourth-order valence-electron chi connectivity index (χ4n) is 2.44. The molecule has 2 N–H and O–H groups in total. The van der Waals surface area contributed by atoms with Gasteiger partial charge >= 0.3 is 0 Å². The lowest BCUT2D eigenvalue weighted by Gasteiger charge is -2.13. The second-order valence-electron chi connectivity index (χ2n) is 5.24. The molecular formula is C16H17N3O4. The van der Waals surface area contributed by atoms with Gasteiger partial charge in [0, 0.05) is 18.2 Å². The third kappa shape index (κ3) is 2.95. The molecule has 1 aromatic heterocycles. The predicted octanol–water partition coefficient (Wildman–Crippen LogP) is 1.44. The number of aryl methyl sites for hydroxylation is 1. The Balaban J connectivity index is 1.80. The molecule has 1 aromatic carbocycles. The largest absolute Gasteiger partial charge is 0.441 e. The highest BCUT2D eigenvalue weighted by Crippen LogP contribution is 2.23. The van der Waals surface area contributed by atoms with Gasteiger partial charge in [-0.1, -0.05) is 6.92 Å². The number of anilines is 1. The molecule has 7 heteroatoms. The Morgan fingerprint density at radius 2 is 2.17 bits per heavy atom. The molecule has 120 valence electrons. The van der Waals surface area contributed by atoms with Crippen LogP contribution in [0, 0.1) is 0 Å². The van der Waals surface area contributed by atoms with Crippen molar-refractivity contribution in [2.24, 2.45) is 0 Å². The third-order valence-corrected chi connectivity index (χ3v) is 3.51. The SMILES string of the molecule is CCCc1nc2cc(NC3=CC(=O)N(CCO)C3=O)ccc2o1. The number of fused-ring (bicyclic) bond motifs is 1. The zero-order valence-electron chi connectivity index (χ0n) is 12.7. The van der Waals surface area contributed by atoms with Gasteiger partial charge in [-0.25, -0.2) is 4.98 Å². The highest BCUT2D eigenvalue weighted by Gasteiger charge is 2.30. The normalized spacial score (nSPS) is 14.7. The summed E-state index contributed by atoms with van der Waals surface area (Å²) in [7, 11) is 0. The van der Waals surface area contributed by atoms with Crippen LogP contribution in [-0.2, 0) is 16.0 Å². The van der Waals surface area contributed by atoms with E-state index in [9.17, 15) is 9.59 Å². The number of nitrogens with one attached hydrogen (secondary N) is 1. The molecule has 2 amide bonds. The maximum absolute atomic E-state index is 12.1. The monoisotopic (exact) mass is 315 g/mol. The highest BCUT2D eigenvalue weighted by molar-refractivity contribution is 6.17. The Labute approximate surface area is 132 Å². The van der Waals surface area contributed by atoms with E-state index in [0.29, 0.717) is 22.7 Å². The van der Waals surface area contributed by atoms with Crippen LogP contribution in [0.5, 0.6) is 0 Å². The van der Waals surface area contributed by atoms with Crippen LogP contribution in [-0.4, -0.2) is 40.0 Å². The smallest absolute Gasteiger partial charge is 0.277 e. The van der Waals surface area contributed by atoms with Gasteiger partial charge in [0.15, 0.2) is 11.5 Å². The second-order valence-corrected chi connectivity index (χ2v) is 5.24. The molecule has 0 atom stereocenters. The summed E-state index contributed by atoms with van der Waals surface area (Å²) in [4.78, 5) is 29.2. The van der Waals surface area contributed by atoms with E-state index in [1.54, 1.807) is 18.2 Å². The molecule has 0 spiro atoms. The average molecular weight is 315 g/mol. The van der Waals surface area contributed by atoms with Crippen LogP contribution < -0.4 is 5.32 Å². The van der Waals surface area contributed by atoms with Gasteiger partial charge < -0.3 is 14.8 Å². The summed E-state index contributed by atoms with van der Waals surface area (Å²) < 4.78 is 5.61. The first-order valence-electron chi connectivity index (χ1n) is 7.47. The van der Waals surface area contributed by atoms with Crippen molar-refractivity contribution >= 4 is 28.6 Å². The van der Waals surface area contributed by atoms with Gasteiger partial charge in [0.05, 0.1) is 13.2 Å². The van der Waals surface area contributed by atoms with Crippen molar-refractivity contribution < 1.29 is 19.1 Å². The van der Waals surface area contributed by atoms with Crippen molar-refractivity contribution in [3.8, 4) is 0 Å². The second kappa shape index (κ2) is 6.21. The Morgan fingerprint density at radius 1 is 1.35 bits per heavy atom. The number of rotatable bonds is 6. The van der Waals surface area contributed by atoms with Crippen LogP contribution in [0.4, 0.5) is 5.69 Å². The van der Waals surface area contributed by atoms with Crippen molar-refractivity contribution in [1.82, 2.24) is 9.88 Å². The molecule has 1 aliphatic heterocycles. The van der Waals surface area contributed by atoms with E-state index in [1.165, 1.54) is 6.08 Å². The van der Waals surface area contributed by atoms with Crippen LogP contribution >= 0.6 is 0 Å². The average Bonchev–Trinajstić information content (AvgIpc) is 3.03. The number of β-amino-alcohol motifs (C(OH)–C–C–N with tert-alkyl or cyclic N) is 1. The minimum atomic E-state index is -0.448. The number of hydrogen-bond donors (Lipinski definition) is 2. The summed E-state index contributed by atoms with van der Waals surface area (Å²) in [5, 5.41) is 11.8. The minimum absolute atomic E-state index is 0.0119. The summed E-state index contributed by atoms with van der Waals surface area (Å²) in [5.74, 6) is -0.199. The van der Waals surface area contributed by atoms with Crippen molar-refractivity contribution in [2.75, 3.05) is 18.5 Å². The molecule has 0 radical (unpaired) electrons. The molecule has 3 rings (SSSR count). The van der Waals surface area contributed by atoms with E-state index in [4.69, 9.17) is 9.52 Å². The summed E-state index contributed by atoms with van der Waals surface area (Å²) >= 11 is 0. The van der Waals surface area contributed by atoms with Crippen molar-refractivity contribution in [1.29, 1.82) is 0 Å². The van der Waals surface area contributed by atoms with Gasteiger partial charge in [0.25, 0.3) is 11.8 Å². The van der Waals surface area contributed by atoms with Gasteiger partial charge in [-0.15, -0.1) is 0 Å². The van der Waals surface area contributed by atoms with Crippen molar-refractivity contribution in [3.05, 3.63) is 35.9 Å². The molecule has 23 heavy (non-hydrogen) atoms. The number of nitrogens with zero attached hydrogens (tertiary/aromatic N) is 2. The summed E-state index contributed by atoms with van der Waals surface area (Å²) in [6, 6.07) is 5.30. The van der Waals surface area contributed by atoms with Gasteiger partial charge in [-0.05, 0) is 24.6 Å². The Morgan fingerprint density at radius 3 is 2.91 bits per heavy atom.